The Morgan fingerprint density at radius 1 is 1.33 bits per heavy atom. The van der Waals surface area contributed by atoms with E-state index in [1.807, 2.05) is 11.4 Å². The van der Waals surface area contributed by atoms with Crippen molar-refractivity contribution in [1.82, 2.24) is 0 Å². The zero-order valence-corrected chi connectivity index (χ0v) is 11.2. The second-order valence-corrected chi connectivity index (χ2v) is 5.81. The van der Waals surface area contributed by atoms with Gasteiger partial charge in [0.2, 0.25) is 0 Å². The quantitative estimate of drug-likeness (QED) is 0.865. The summed E-state index contributed by atoms with van der Waals surface area (Å²) < 4.78 is 0. The molecule has 0 fully saturated rings. The molecule has 2 nitrogen and oxygen atoms in total. The Labute approximate surface area is 111 Å². The van der Waals surface area contributed by atoms with Crippen LogP contribution in [0.15, 0.2) is 35.7 Å². The Hall–Kier alpha value is -1.32. The van der Waals surface area contributed by atoms with Crippen LogP contribution < -0.4 is 5.32 Å². The zero-order valence-electron chi connectivity index (χ0n) is 10.4. The van der Waals surface area contributed by atoms with Gasteiger partial charge >= 0.3 is 0 Å². The minimum atomic E-state index is -0.404. The van der Waals surface area contributed by atoms with Crippen molar-refractivity contribution in [3.05, 3.63) is 51.7 Å². The Kier molecular flexibility index (Phi) is 3.10. The van der Waals surface area contributed by atoms with Crippen molar-refractivity contribution in [2.45, 2.75) is 31.9 Å². The number of aryl methyl sites for hydroxylation is 2. The van der Waals surface area contributed by atoms with Gasteiger partial charge in [-0.05, 0) is 48.4 Å². The molecule has 0 saturated heterocycles. The third kappa shape index (κ3) is 2.04. The average molecular weight is 259 g/mol. The number of aliphatic hydroxyl groups excluding tert-OH is 1. The van der Waals surface area contributed by atoms with Gasteiger partial charge in [-0.15, -0.1) is 11.3 Å². The highest BCUT2D eigenvalue weighted by Gasteiger charge is 2.26. The molecule has 2 unspecified atom stereocenters. The lowest BCUT2D eigenvalue weighted by molar-refractivity contribution is 0.152. The minimum Gasteiger partial charge on any atom is -0.385 e. The predicted molar refractivity (Wildman–Crippen MR) is 76.2 cm³/mol. The largest absolute Gasteiger partial charge is 0.385 e. The first-order valence-electron chi connectivity index (χ1n) is 6.32. The maximum atomic E-state index is 10.5. The summed E-state index contributed by atoms with van der Waals surface area (Å²) in [5, 5.41) is 16.0. The highest BCUT2D eigenvalue weighted by Crippen LogP contribution is 2.33. The summed E-state index contributed by atoms with van der Waals surface area (Å²) in [6, 6.07) is 10.5. The first kappa shape index (κ1) is 11.8. The van der Waals surface area contributed by atoms with E-state index < -0.39 is 6.10 Å². The van der Waals surface area contributed by atoms with Gasteiger partial charge in [-0.3, -0.25) is 0 Å². The van der Waals surface area contributed by atoms with Gasteiger partial charge in [0.25, 0.3) is 0 Å². The van der Waals surface area contributed by atoms with Crippen molar-refractivity contribution in [3.8, 4) is 0 Å². The number of aliphatic hydroxyl groups is 1. The summed E-state index contributed by atoms with van der Waals surface area (Å²) in [5.41, 5.74) is 3.71. The number of anilines is 1. The Balaban J connectivity index is 1.82. The number of nitrogens with one attached hydrogen (secondary N) is 1. The predicted octanol–water partition coefficient (Wildman–Crippen LogP) is 3.52. The summed E-state index contributed by atoms with van der Waals surface area (Å²) in [5.74, 6) is 0. The second-order valence-electron chi connectivity index (χ2n) is 4.86. The van der Waals surface area contributed by atoms with Crippen molar-refractivity contribution in [1.29, 1.82) is 0 Å². The fraction of sp³-hybridized carbons (Fsp3) is 0.333. The van der Waals surface area contributed by atoms with Gasteiger partial charge in [-0.1, -0.05) is 18.2 Å². The summed E-state index contributed by atoms with van der Waals surface area (Å²) in [4.78, 5) is 1.09. The molecule has 0 amide bonds. The molecule has 3 rings (SSSR count). The van der Waals surface area contributed by atoms with Crippen LogP contribution in [0, 0.1) is 6.92 Å². The number of benzene rings is 1. The van der Waals surface area contributed by atoms with E-state index in [4.69, 9.17) is 0 Å². The molecule has 94 valence electrons. The van der Waals surface area contributed by atoms with Crippen molar-refractivity contribution in [3.63, 3.8) is 0 Å². The molecule has 2 atom stereocenters. The van der Waals surface area contributed by atoms with E-state index in [9.17, 15) is 5.11 Å². The standard InChI is InChI=1S/C15H17NOS/c1-10-8-9-18-15(10)14(17)13-7-6-11-4-2-3-5-12(11)16-13/h2-5,8-9,13-14,16-17H,6-7H2,1H3. The van der Waals surface area contributed by atoms with Crippen LogP contribution >= 0.6 is 11.3 Å². The van der Waals surface area contributed by atoms with Crippen LogP contribution in [0.1, 0.15) is 28.5 Å². The summed E-state index contributed by atoms with van der Waals surface area (Å²) in [7, 11) is 0. The minimum absolute atomic E-state index is 0.122. The topological polar surface area (TPSA) is 32.3 Å². The second kappa shape index (κ2) is 4.75. The van der Waals surface area contributed by atoms with Crippen LogP contribution in [-0.4, -0.2) is 11.1 Å². The molecule has 18 heavy (non-hydrogen) atoms. The van der Waals surface area contributed by atoms with Gasteiger partial charge in [0, 0.05) is 10.6 Å². The lowest BCUT2D eigenvalue weighted by Crippen LogP contribution is -2.31. The van der Waals surface area contributed by atoms with Gasteiger partial charge in [-0.25, -0.2) is 0 Å². The molecule has 1 aromatic carbocycles. The summed E-state index contributed by atoms with van der Waals surface area (Å²) in [6.07, 6.45) is 1.61. The molecule has 1 aromatic heterocycles. The molecule has 2 N–H and O–H groups in total. The normalized spacial score (nSPS) is 20.0. The van der Waals surface area contributed by atoms with Gasteiger partial charge in [0.1, 0.15) is 6.10 Å². The first-order chi connectivity index (χ1) is 8.75. The lowest BCUT2D eigenvalue weighted by atomic mass is 9.93. The number of hydrogen-bond acceptors (Lipinski definition) is 3. The third-order valence-corrected chi connectivity index (χ3v) is 4.72. The van der Waals surface area contributed by atoms with Crippen LogP contribution in [0.25, 0.3) is 0 Å². The highest BCUT2D eigenvalue weighted by atomic mass is 32.1. The number of para-hydroxylation sites is 1. The highest BCUT2D eigenvalue weighted by molar-refractivity contribution is 7.10. The monoisotopic (exact) mass is 259 g/mol. The number of rotatable bonds is 2. The molecular formula is C15H17NOS. The average Bonchev–Trinajstić information content (AvgIpc) is 2.83. The Morgan fingerprint density at radius 2 is 2.17 bits per heavy atom. The molecular weight excluding hydrogens is 242 g/mol. The number of hydrogen-bond donors (Lipinski definition) is 2. The molecule has 0 aliphatic carbocycles. The molecule has 0 radical (unpaired) electrons. The van der Waals surface area contributed by atoms with Gasteiger partial charge in [0.05, 0.1) is 6.04 Å². The molecule has 1 aliphatic rings. The molecule has 0 bridgehead atoms. The van der Waals surface area contributed by atoms with E-state index in [2.05, 4.69) is 36.5 Å². The molecule has 3 heteroatoms. The molecule has 1 aliphatic heterocycles. The van der Waals surface area contributed by atoms with Crippen molar-refractivity contribution in [2.75, 3.05) is 5.32 Å². The van der Waals surface area contributed by atoms with E-state index in [1.54, 1.807) is 11.3 Å². The van der Waals surface area contributed by atoms with E-state index >= 15 is 0 Å². The van der Waals surface area contributed by atoms with Crippen LogP contribution in [0.3, 0.4) is 0 Å². The third-order valence-electron chi connectivity index (χ3n) is 3.63. The maximum Gasteiger partial charge on any atom is 0.108 e. The van der Waals surface area contributed by atoms with Crippen LogP contribution in [0.5, 0.6) is 0 Å². The fourth-order valence-electron chi connectivity index (χ4n) is 2.57. The van der Waals surface area contributed by atoms with Crippen molar-refractivity contribution >= 4 is 17.0 Å². The van der Waals surface area contributed by atoms with E-state index in [0.717, 1.165) is 17.7 Å². The summed E-state index contributed by atoms with van der Waals surface area (Å²) in [6.45, 7) is 2.06. The Morgan fingerprint density at radius 3 is 2.94 bits per heavy atom. The molecule has 2 aromatic rings. The zero-order chi connectivity index (χ0) is 12.5. The molecule has 0 saturated carbocycles. The Bertz CT molecular complexity index is 549. The van der Waals surface area contributed by atoms with E-state index in [0.29, 0.717) is 0 Å². The first-order valence-corrected chi connectivity index (χ1v) is 7.20. The number of thiophene rings is 1. The van der Waals surface area contributed by atoms with E-state index in [-0.39, 0.29) is 6.04 Å². The molecule has 2 heterocycles. The maximum absolute atomic E-state index is 10.5. The van der Waals surface area contributed by atoms with Gasteiger partial charge in [-0.2, -0.15) is 0 Å². The van der Waals surface area contributed by atoms with Crippen LogP contribution in [0.4, 0.5) is 5.69 Å². The SMILES string of the molecule is Cc1ccsc1C(O)C1CCc2ccccc2N1. The lowest BCUT2D eigenvalue weighted by Gasteiger charge is -2.30. The fourth-order valence-corrected chi connectivity index (χ4v) is 3.55. The van der Waals surface area contributed by atoms with Crippen LogP contribution in [-0.2, 0) is 6.42 Å². The van der Waals surface area contributed by atoms with Gasteiger partial charge < -0.3 is 10.4 Å². The van der Waals surface area contributed by atoms with Crippen molar-refractivity contribution < 1.29 is 5.11 Å². The smallest absolute Gasteiger partial charge is 0.108 e. The van der Waals surface area contributed by atoms with Gasteiger partial charge in [0.15, 0.2) is 0 Å². The van der Waals surface area contributed by atoms with E-state index in [1.165, 1.54) is 16.8 Å². The van der Waals surface area contributed by atoms with Crippen molar-refractivity contribution in [2.24, 2.45) is 0 Å². The van der Waals surface area contributed by atoms with Crippen LogP contribution in [0.2, 0.25) is 0 Å². The molecule has 0 spiro atoms. The number of fused-ring (bicyclic) bond motifs is 1. The summed E-state index contributed by atoms with van der Waals surface area (Å²) >= 11 is 1.64.